The van der Waals surface area contributed by atoms with Crippen molar-refractivity contribution in [3.8, 4) is 0 Å². The zero-order valence-corrected chi connectivity index (χ0v) is 11.3. The molecule has 90 valence electrons. The van der Waals surface area contributed by atoms with Crippen molar-refractivity contribution in [2.24, 2.45) is 0 Å². The second kappa shape index (κ2) is 4.47. The first kappa shape index (κ1) is 12.1. The zero-order chi connectivity index (χ0) is 11.8. The predicted molar refractivity (Wildman–Crippen MR) is 67.2 cm³/mol. The molecule has 0 bridgehead atoms. The minimum atomic E-state index is -3.07. The third kappa shape index (κ3) is 1.92. The van der Waals surface area contributed by atoms with Gasteiger partial charge in [-0.3, -0.25) is 0 Å². The van der Waals surface area contributed by atoms with Crippen LogP contribution >= 0.6 is 11.3 Å². The molecular weight excluding hydrogens is 242 g/mol. The Morgan fingerprint density at radius 1 is 1.50 bits per heavy atom. The number of thiophene rings is 1. The van der Waals surface area contributed by atoms with Gasteiger partial charge in [0.05, 0.1) is 11.8 Å². The van der Waals surface area contributed by atoms with Gasteiger partial charge in [-0.05, 0) is 36.8 Å². The summed E-state index contributed by atoms with van der Waals surface area (Å²) in [6.45, 7) is 4.41. The third-order valence-corrected chi connectivity index (χ3v) is 6.03. The lowest BCUT2D eigenvalue weighted by atomic mass is 10.0. The summed E-state index contributed by atoms with van der Waals surface area (Å²) in [5.41, 5.74) is 1.22. The summed E-state index contributed by atoms with van der Waals surface area (Å²) in [6, 6.07) is 2.13. The summed E-state index contributed by atoms with van der Waals surface area (Å²) < 4.78 is 25.7. The Labute approximate surface area is 101 Å². The fourth-order valence-electron chi connectivity index (χ4n) is 2.30. The Morgan fingerprint density at radius 3 is 2.88 bits per heavy atom. The zero-order valence-electron chi connectivity index (χ0n) is 9.64. The van der Waals surface area contributed by atoms with Crippen molar-refractivity contribution >= 4 is 21.4 Å². The van der Waals surface area contributed by atoms with Crippen LogP contribution in [0.1, 0.15) is 36.8 Å². The van der Waals surface area contributed by atoms with Gasteiger partial charge in [-0.1, -0.05) is 6.92 Å². The summed E-state index contributed by atoms with van der Waals surface area (Å²) in [5.74, 6) is 0.197. The van der Waals surface area contributed by atoms with Crippen molar-refractivity contribution in [1.82, 2.24) is 4.31 Å². The molecule has 1 aromatic rings. The highest BCUT2D eigenvalue weighted by atomic mass is 32.2. The van der Waals surface area contributed by atoms with Gasteiger partial charge >= 0.3 is 0 Å². The van der Waals surface area contributed by atoms with Crippen molar-refractivity contribution in [2.75, 3.05) is 12.3 Å². The van der Waals surface area contributed by atoms with E-state index in [9.17, 15) is 8.42 Å². The van der Waals surface area contributed by atoms with Crippen LogP contribution in [0.3, 0.4) is 0 Å². The highest BCUT2D eigenvalue weighted by Crippen LogP contribution is 2.36. The number of nitrogens with zero attached hydrogens (tertiary/aromatic N) is 1. The molecule has 0 fully saturated rings. The minimum absolute atomic E-state index is 0.0555. The van der Waals surface area contributed by atoms with Gasteiger partial charge in [0.15, 0.2) is 0 Å². The first-order valence-corrected chi connectivity index (χ1v) is 8.14. The molecule has 0 saturated heterocycles. The quantitative estimate of drug-likeness (QED) is 0.836. The summed E-state index contributed by atoms with van der Waals surface area (Å²) in [4.78, 5) is 1.36. The van der Waals surface area contributed by atoms with Crippen molar-refractivity contribution in [3.05, 3.63) is 21.9 Å². The van der Waals surface area contributed by atoms with Gasteiger partial charge in [0, 0.05) is 11.4 Å². The fraction of sp³-hybridized carbons (Fsp3) is 0.636. The lowest BCUT2D eigenvalue weighted by Crippen LogP contribution is -2.40. The Kier molecular flexibility index (Phi) is 3.37. The van der Waals surface area contributed by atoms with Gasteiger partial charge in [0.25, 0.3) is 0 Å². The second-order valence-corrected chi connectivity index (χ2v) is 7.20. The molecule has 1 aliphatic heterocycles. The third-order valence-electron chi connectivity index (χ3n) is 3.15. The molecule has 0 spiro atoms. The van der Waals surface area contributed by atoms with E-state index >= 15 is 0 Å². The summed E-state index contributed by atoms with van der Waals surface area (Å²) in [5, 5.41) is 2.06. The molecule has 1 unspecified atom stereocenters. The van der Waals surface area contributed by atoms with Gasteiger partial charge in [-0.25, -0.2) is 8.42 Å². The van der Waals surface area contributed by atoms with Crippen LogP contribution in [0.5, 0.6) is 0 Å². The number of hydrogen-bond donors (Lipinski definition) is 0. The molecule has 2 heterocycles. The maximum Gasteiger partial charge on any atom is 0.214 e. The molecule has 2 rings (SSSR count). The molecule has 0 aliphatic carbocycles. The maximum atomic E-state index is 12.0. The normalized spacial score (nSPS) is 22.0. The molecule has 3 nitrogen and oxygen atoms in total. The topological polar surface area (TPSA) is 37.4 Å². The van der Waals surface area contributed by atoms with Gasteiger partial charge < -0.3 is 0 Å². The largest absolute Gasteiger partial charge is 0.214 e. The molecule has 0 N–H and O–H groups in total. The van der Waals surface area contributed by atoms with Crippen LogP contribution in [0, 0.1) is 0 Å². The Hall–Kier alpha value is -0.390. The number of hydrogen-bond acceptors (Lipinski definition) is 3. The van der Waals surface area contributed by atoms with E-state index in [1.807, 2.05) is 0 Å². The Bertz CT molecular complexity index is 464. The average Bonchev–Trinajstić information content (AvgIpc) is 2.75. The Balaban J connectivity index is 2.39. The van der Waals surface area contributed by atoms with Gasteiger partial charge in [0.1, 0.15) is 0 Å². The highest BCUT2D eigenvalue weighted by Gasteiger charge is 2.33. The highest BCUT2D eigenvalue weighted by molar-refractivity contribution is 7.89. The second-order valence-electron chi connectivity index (χ2n) is 3.98. The van der Waals surface area contributed by atoms with Gasteiger partial charge in [-0.15, -0.1) is 11.3 Å². The summed E-state index contributed by atoms with van der Waals surface area (Å²) in [7, 11) is -3.07. The van der Waals surface area contributed by atoms with Crippen LogP contribution in [0.25, 0.3) is 0 Å². The average molecular weight is 259 g/mol. The van der Waals surface area contributed by atoms with Crippen LogP contribution in [-0.4, -0.2) is 25.0 Å². The molecule has 0 radical (unpaired) electrons. The first-order chi connectivity index (χ1) is 7.60. The number of rotatable bonds is 3. The van der Waals surface area contributed by atoms with Crippen molar-refractivity contribution in [3.63, 3.8) is 0 Å². The monoisotopic (exact) mass is 259 g/mol. The van der Waals surface area contributed by atoms with Crippen molar-refractivity contribution in [1.29, 1.82) is 0 Å². The lowest BCUT2D eigenvalue weighted by Gasteiger charge is -2.34. The van der Waals surface area contributed by atoms with E-state index in [0.717, 1.165) is 12.8 Å². The van der Waals surface area contributed by atoms with Crippen molar-refractivity contribution in [2.45, 2.75) is 32.7 Å². The lowest BCUT2D eigenvalue weighted by molar-refractivity contribution is 0.304. The molecule has 0 saturated carbocycles. The molecule has 1 aliphatic rings. The molecule has 1 atom stereocenters. The molecule has 0 amide bonds. The molecular formula is C11H17NO2S2. The standard InChI is InChI=1S/C11H17NO2S2/c1-3-10-9-6-8-15-11(9)5-7-12(10)16(13,14)4-2/h6,8,10H,3-5,7H2,1-2H3. The van der Waals surface area contributed by atoms with E-state index in [2.05, 4.69) is 18.4 Å². The van der Waals surface area contributed by atoms with Crippen LogP contribution < -0.4 is 0 Å². The smallest absolute Gasteiger partial charge is 0.212 e. The fourth-order valence-corrected chi connectivity index (χ4v) is 4.58. The van der Waals surface area contributed by atoms with E-state index < -0.39 is 10.0 Å². The van der Waals surface area contributed by atoms with E-state index in [1.165, 1.54) is 10.4 Å². The van der Waals surface area contributed by atoms with E-state index in [-0.39, 0.29) is 11.8 Å². The minimum Gasteiger partial charge on any atom is -0.212 e. The van der Waals surface area contributed by atoms with E-state index in [1.54, 1.807) is 22.6 Å². The number of sulfonamides is 1. The van der Waals surface area contributed by atoms with Crippen LogP contribution in [0.4, 0.5) is 0 Å². The molecule has 16 heavy (non-hydrogen) atoms. The maximum absolute atomic E-state index is 12.0. The SMILES string of the molecule is CCC1c2ccsc2CCN1S(=O)(=O)CC. The predicted octanol–water partition coefficient (Wildman–Crippen LogP) is 2.41. The van der Waals surface area contributed by atoms with Crippen molar-refractivity contribution < 1.29 is 8.42 Å². The molecule has 1 aromatic heterocycles. The summed E-state index contributed by atoms with van der Waals surface area (Å²) in [6.07, 6.45) is 1.71. The van der Waals surface area contributed by atoms with Crippen LogP contribution in [0.2, 0.25) is 0 Å². The first-order valence-electron chi connectivity index (χ1n) is 5.66. The van der Waals surface area contributed by atoms with E-state index in [0.29, 0.717) is 6.54 Å². The van der Waals surface area contributed by atoms with Crippen LogP contribution in [0.15, 0.2) is 11.4 Å². The van der Waals surface area contributed by atoms with Gasteiger partial charge in [-0.2, -0.15) is 4.31 Å². The van der Waals surface area contributed by atoms with Gasteiger partial charge in [0.2, 0.25) is 10.0 Å². The number of fused-ring (bicyclic) bond motifs is 1. The molecule has 5 heteroatoms. The van der Waals surface area contributed by atoms with Crippen LogP contribution in [-0.2, 0) is 16.4 Å². The summed E-state index contributed by atoms with van der Waals surface area (Å²) >= 11 is 1.74. The molecule has 0 aromatic carbocycles. The Morgan fingerprint density at radius 2 is 2.25 bits per heavy atom. The van der Waals surface area contributed by atoms with E-state index in [4.69, 9.17) is 0 Å².